The van der Waals surface area contributed by atoms with Crippen molar-refractivity contribution in [1.82, 2.24) is 5.16 Å². The zero-order valence-electron chi connectivity index (χ0n) is 8.16. The molecule has 0 amide bonds. The van der Waals surface area contributed by atoms with Gasteiger partial charge in [-0.25, -0.2) is 0 Å². The number of hydrogen-bond donors (Lipinski definition) is 0. The average molecular weight is 175 g/mol. The molecular weight excluding hydrogens is 162 g/mol. The largest absolute Gasteiger partial charge is 0.363 e. The summed E-state index contributed by atoms with van der Waals surface area (Å²) in [7, 11) is 0. The van der Waals surface area contributed by atoms with Gasteiger partial charge < -0.3 is 4.52 Å². The highest BCUT2D eigenvalue weighted by Crippen LogP contribution is 2.28. The Morgan fingerprint density at radius 3 is 2.69 bits per heavy atom. The third-order valence-electron chi connectivity index (χ3n) is 2.20. The standard InChI is InChI=1S/C11H13NO/c1-11(2,3)9-6-4-5-8-7-13-12-10(8)9/h4-7H,1-3H3. The smallest absolute Gasteiger partial charge is 0.131 e. The first-order valence-corrected chi connectivity index (χ1v) is 4.42. The third kappa shape index (κ3) is 1.32. The van der Waals surface area contributed by atoms with Crippen molar-refractivity contribution in [2.75, 3.05) is 0 Å². The van der Waals surface area contributed by atoms with Crippen molar-refractivity contribution in [3.05, 3.63) is 30.0 Å². The first kappa shape index (κ1) is 8.30. The fourth-order valence-electron chi connectivity index (χ4n) is 1.50. The average Bonchev–Trinajstić information content (AvgIpc) is 2.48. The van der Waals surface area contributed by atoms with Crippen LogP contribution in [0.5, 0.6) is 0 Å². The number of aromatic nitrogens is 1. The fourth-order valence-corrected chi connectivity index (χ4v) is 1.50. The van der Waals surface area contributed by atoms with Gasteiger partial charge in [-0.15, -0.1) is 0 Å². The van der Waals surface area contributed by atoms with Gasteiger partial charge >= 0.3 is 0 Å². The summed E-state index contributed by atoms with van der Waals surface area (Å²) in [5.74, 6) is 0. The molecule has 1 aromatic carbocycles. The number of rotatable bonds is 0. The highest BCUT2D eigenvalue weighted by molar-refractivity contribution is 5.81. The SMILES string of the molecule is CC(C)(C)c1cccc2conc12. The van der Waals surface area contributed by atoms with Crippen molar-refractivity contribution < 1.29 is 4.52 Å². The lowest BCUT2D eigenvalue weighted by Gasteiger charge is -2.18. The molecule has 0 aliphatic rings. The molecule has 0 fully saturated rings. The zero-order valence-corrected chi connectivity index (χ0v) is 8.16. The molecule has 1 aromatic heterocycles. The van der Waals surface area contributed by atoms with Gasteiger partial charge in [0.15, 0.2) is 0 Å². The number of fused-ring (bicyclic) bond motifs is 1. The molecule has 2 heteroatoms. The molecule has 2 aromatic rings. The summed E-state index contributed by atoms with van der Waals surface area (Å²) < 4.78 is 4.95. The number of hydrogen-bond acceptors (Lipinski definition) is 2. The molecule has 0 saturated heterocycles. The Kier molecular flexibility index (Phi) is 1.65. The minimum atomic E-state index is 0.121. The van der Waals surface area contributed by atoms with Crippen molar-refractivity contribution in [3.63, 3.8) is 0 Å². The van der Waals surface area contributed by atoms with Crippen LogP contribution in [0.25, 0.3) is 10.9 Å². The maximum Gasteiger partial charge on any atom is 0.131 e. The molecule has 2 nitrogen and oxygen atoms in total. The molecule has 0 unspecified atom stereocenters. The van der Waals surface area contributed by atoms with Crippen LogP contribution in [-0.2, 0) is 5.41 Å². The van der Waals surface area contributed by atoms with Crippen molar-refractivity contribution in [1.29, 1.82) is 0 Å². The molecule has 0 spiro atoms. The van der Waals surface area contributed by atoms with Crippen LogP contribution in [0, 0.1) is 0 Å². The Bertz CT molecular complexity index is 423. The summed E-state index contributed by atoms with van der Waals surface area (Å²) in [5.41, 5.74) is 2.34. The molecule has 13 heavy (non-hydrogen) atoms. The van der Waals surface area contributed by atoms with E-state index in [1.54, 1.807) is 6.26 Å². The zero-order chi connectivity index (χ0) is 9.47. The molecule has 0 atom stereocenters. The van der Waals surface area contributed by atoms with Gasteiger partial charge in [0, 0.05) is 5.39 Å². The molecule has 0 aliphatic carbocycles. The lowest BCUT2D eigenvalue weighted by molar-refractivity contribution is 0.426. The van der Waals surface area contributed by atoms with Crippen LogP contribution in [0.1, 0.15) is 26.3 Å². The van der Waals surface area contributed by atoms with E-state index in [2.05, 4.69) is 32.0 Å². The van der Waals surface area contributed by atoms with Crippen molar-refractivity contribution >= 4 is 10.9 Å². The lowest BCUT2D eigenvalue weighted by atomic mass is 9.86. The first-order valence-electron chi connectivity index (χ1n) is 4.42. The molecule has 68 valence electrons. The van der Waals surface area contributed by atoms with Crippen LogP contribution in [0.3, 0.4) is 0 Å². The maximum absolute atomic E-state index is 4.95. The van der Waals surface area contributed by atoms with Gasteiger partial charge in [0.25, 0.3) is 0 Å². The fraction of sp³-hybridized carbons (Fsp3) is 0.364. The van der Waals surface area contributed by atoms with Gasteiger partial charge in [-0.1, -0.05) is 38.1 Å². The maximum atomic E-state index is 4.95. The van der Waals surface area contributed by atoms with E-state index in [4.69, 9.17) is 4.52 Å². The Morgan fingerprint density at radius 1 is 1.23 bits per heavy atom. The highest BCUT2D eigenvalue weighted by Gasteiger charge is 2.18. The second-order valence-electron chi connectivity index (χ2n) is 4.31. The topological polar surface area (TPSA) is 26.0 Å². The van der Waals surface area contributed by atoms with Crippen molar-refractivity contribution in [3.8, 4) is 0 Å². The van der Waals surface area contributed by atoms with Crippen LogP contribution in [0.2, 0.25) is 0 Å². The molecule has 0 bridgehead atoms. The molecule has 2 rings (SSSR count). The first-order chi connectivity index (χ1) is 6.09. The van der Waals surface area contributed by atoms with Crippen molar-refractivity contribution in [2.24, 2.45) is 0 Å². The highest BCUT2D eigenvalue weighted by atomic mass is 16.5. The minimum absolute atomic E-state index is 0.121. The number of benzene rings is 1. The monoisotopic (exact) mass is 175 g/mol. The van der Waals surface area contributed by atoms with E-state index in [1.165, 1.54) is 5.56 Å². The van der Waals surface area contributed by atoms with Gasteiger partial charge in [-0.2, -0.15) is 0 Å². The molecule has 0 N–H and O–H groups in total. The van der Waals surface area contributed by atoms with Crippen LogP contribution >= 0.6 is 0 Å². The lowest BCUT2D eigenvalue weighted by Crippen LogP contribution is -2.11. The minimum Gasteiger partial charge on any atom is -0.363 e. The normalized spacial score (nSPS) is 12.2. The van der Waals surface area contributed by atoms with E-state index in [0.29, 0.717) is 0 Å². The Balaban J connectivity index is 2.75. The van der Waals surface area contributed by atoms with Gasteiger partial charge in [0.05, 0.1) is 0 Å². The van der Waals surface area contributed by atoms with Gasteiger partial charge in [-0.3, -0.25) is 0 Å². The predicted molar refractivity (Wildman–Crippen MR) is 52.7 cm³/mol. The van der Waals surface area contributed by atoms with Crippen molar-refractivity contribution in [2.45, 2.75) is 26.2 Å². The summed E-state index contributed by atoms with van der Waals surface area (Å²) in [6.45, 7) is 6.53. The third-order valence-corrected chi connectivity index (χ3v) is 2.20. The second-order valence-corrected chi connectivity index (χ2v) is 4.31. The molecule has 0 saturated carbocycles. The predicted octanol–water partition coefficient (Wildman–Crippen LogP) is 3.13. The summed E-state index contributed by atoms with van der Waals surface area (Å²) in [6, 6.07) is 6.16. The quantitative estimate of drug-likeness (QED) is 0.614. The van der Waals surface area contributed by atoms with E-state index in [1.807, 2.05) is 12.1 Å². The van der Waals surface area contributed by atoms with E-state index in [9.17, 15) is 0 Å². The van der Waals surface area contributed by atoms with E-state index in [-0.39, 0.29) is 5.41 Å². The number of nitrogens with zero attached hydrogens (tertiary/aromatic N) is 1. The Labute approximate surface area is 77.5 Å². The molecule has 0 aliphatic heterocycles. The van der Waals surface area contributed by atoms with E-state index in [0.717, 1.165) is 10.9 Å². The van der Waals surface area contributed by atoms with Crippen LogP contribution < -0.4 is 0 Å². The summed E-state index contributed by atoms with van der Waals surface area (Å²) in [4.78, 5) is 0. The van der Waals surface area contributed by atoms with Crippen LogP contribution in [0.15, 0.2) is 29.0 Å². The van der Waals surface area contributed by atoms with E-state index < -0.39 is 0 Å². The molecule has 0 radical (unpaired) electrons. The summed E-state index contributed by atoms with van der Waals surface area (Å²) in [5, 5.41) is 5.09. The second kappa shape index (κ2) is 2.59. The molecular formula is C11H13NO. The summed E-state index contributed by atoms with van der Waals surface area (Å²) >= 11 is 0. The van der Waals surface area contributed by atoms with Gasteiger partial charge in [0.1, 0.15) is 11.8 Å². The van der Waals surface area contributed by atoms with Gasteiger partial charge in [0.2, 0.25) is 0 Å². The van der Waals surface area contributed by atoms with Crippen LogP contribution in [0.4, 0.5) is 0 Å². The van der Waals surface area contributed by atoms with Crippen LogP contribution in [-0.4, -0.2) is 5.16 Å². The Hall–Kier alpha value is -1.31. The molecule has 1 heterocycles. The summed E-state index contributed by atoms with van der Waals surface area (Å²) in [6.07, 6.45) is 1.69. The Morgan fingerprint density at radius 2 is 2.00 bits per heavy atom. The van der Waals surface area contributed by atoms with Gasteiger partial charge in [-0.05, 0) is 17.0 Å². The van der Waals surface area contributed by atoms with E-state index >= 15 is 0 Å².